The molecule has 1 saturated heterocycles. The Labute approximate surface area is 177 Å². The summed E-state index contributed by atoms with van der Waals surface area (Å²) in [5, 5.41) is 14.8. The van der Waals surface area contributed by atoms with Crippen molar-refractivity contribution in [3.63, 3.8) is 0 Å². The number of anilines is 3. The number of benzene rings is 2. The van der Waals surface area contributed by atoms with Gasteiger partial charge < -0.3 is 15.1 Å². The van der Waals surface area contributed by atoms with Crippen LogP contribution in [-0.4, -0.2) is 41.1 Å². The zero-order valence-electron chi connectivity index (χ0n) is 16.5. The number of nitro groups is 1. The molecule has 0 spiro atoms. The van der Waals surface area contributed by atoms with Gasteiger partial charge in [-0.05, 0) is 42.0 Å². The SMILES string of the molecule is O=[N+]([O-])c1c(NCc2ccc(F)cc2)ncnc1N1CCN(c2ccc(F)cc2)CC1. The molecule has 0 saturated carbocycles. The molecule has 2 heterocycles. The predicted molar refractivity (Wildman–Crippen MR) is 113 cm³/mol. The maximum atomic E-state index is 13.2. The highest BCUT2D eigenvalue weighted by Crippen LogP contribution is 2.33. The van der Waals surface area contributed by atoms with Gasteiger partial charge in [-0.15, -0.1) is 0 Å². The van der Waals surface area contributed by atoms with E-state index in [1.165, 1.54) is 30.6 Å². The lowest BCUT2D eigenvalue weighted by Gasteiger charge is -2.36. The number of nitrogens with zero attached hydrogens (tertiary/aromatic N) is 5. The van der Waals surface area contributed by atoms with Crippen LogP contribution in [0.15, 0.2) is 54.9 Å². The first-order chi connectivity index (χ1) is 15.0. The molecule has 1 aromatic heterocycles. The molecule has 1 aliphatic heterocycles. The van der Waals surface area contributed by atoms with Gasteiger partial charge in [0, 0.05) is 38.4 Å². The molecule has 0 aliphatic carbocycles. The summed E-state index contributed by atoms with van der Waals surface area (Å²) in [7, 11) is 0. The number of halogens is 2. The summed E-state index contributed by atoms with van der Waals surface area (Å²) in [5.74, 6) is -0.279. The van der Waals surface area contributed by atoms with Crippen LogP contribution in [0, 0.1) is 21.7 Å². The molecule has 0 amide bonds. The topological polar surface area (TPSA) is 87.4 Å². The fraction of sp³-hybridized carbons (Fsp3) is 0.238. The summed E-state index contributed by atoms with van der Waals surface area (Å²) in [4.78, 5) is 23.5. The summed E-state index contributed by atoms with van der Waals surface area (Å²) in [6, 6.07) is 12.1. The Hall–Kier alpha value is -3.82. The largest absolute Gasteiger partial charge is 0.368 e. The molecular weight excluding hydrogens is 406 g/mol. The van der Waals surface area contributed by atoms with E-state index >= 15 is 0 Å². The molecular formula is C21H20F2N6O2. The van der Waals surface area contributed by atoms with E-state index in [1.807, 2.05) is 4.90 Å². The molecule has 160 valence electrons. The van der Waals surface area contributed by atoms with Gasteiger partial charge in [-0.3, -0.25) is 10.1 Å². The second-order valence-electron chi connectivity index (χ2n) is 7.08. The second-order valence-corrected chi connectivity index (χ2v) is 7.08. The Morgan fingerprint density at radius 2 is 1.48 bits per heavy atom. The molecule has 0 unspecified atom stereocenters. The van der Waals surface area contributed by atoms with E-state index < -0.39 is 4.92 Å². The van der Waals surface area contributed by atoms with Crippen molar-refractivity contribution < 1.29 is 13.7 Å². The number of nitrogens with one attached hydrogen (secondary N) is 1. The van der Waals surface area contributed by atoms with Gasteiger partial charge in [0.05, 0.1) is 4.92 Å². The number of piperazine rings is 1. The summed E-state index contributed by atoms with van der Waals surface area (Å²) < 4.78 is 26.2. The highest BCUT2D eigenvalue weighted by atomic mass is 19.1. The van der Waals surface area contributed by atoms with Crippen molar-refractivity contribution in [2.75, 3.05) is 41.3 Å². The molecule has 2 aromatic carbocycles. The first-order valence-electron chi connectivity index (χ1n) is 9.74. The number of hydrogen-bond acceptors (Lipinski definition) is 7. The maximum absolute atomic E-state index is 13.2. The first kappa shape index (κ1) is 20.5. The van der Waals surface area contributed by atoms with E-state index in [-0.39, 0.29) is 35.5 Å². The molecule has 31 heavy (non-hydrogen) atoms. The smallest absolute Gasteiger partial charge is 0.353 e. The average Bonchev–Trinajstić information content (AvgIpc) is 2.79. The van der Waals surface area contributed by atoms with Crippen molar-refractivity contribution in [2.24, 2.45) is 0 Å². The lowest BCUT2D eigenvalue weighted by atomic mass is 10.2. The molecule has 0 radical (unpaired) electrons. The van der Waals surface area contributed by atoms with E-state index in [4.69, 9.17) is 0 Å². The second kappa shape index (κ2) is 8.90. The summed E-state index contributed by atoms with van der Waals surface area (Å²) in [6.45, 7) is 2.53. The van der Waals surface area contributed by atoms with Crippen LogP contribution < -0.4 is 15.1 Å². The standard InChI is InChI=1S/C21H20F2N6O2/c22-16-3-1-15(2-4-16)13-24-20-19(29(30)31)21(26-14-25-20)28-11-9-27(10-12-28)18-7-5-17(23)6-8-18/h1-8,14H,9-13H2,(H,24,25,26). The van der Waals surface area contributed by atoms with Gasteiger partial charge in [0.2, 0.25) is 11.6 Å². The minimum atomic E-state index is -0.491. The molecule has 1 fully saturated rings. The summed E-state index contributed by atoms with van der Waals surface area (Å²) >= 11 is 0. The van der Waals surface area contributed by atoms with Gasteiger partial charge in [0.1, 0.15) is 18.0 Å². The van der Waals surface area contributed by atoms with E-state index in [0.717, 1.165) is 11.3 Å². The third-order valence-corrected chi connectivity index (χ3v) is 5.13. The third-order valence-electron chi connectivity index (χ3n) is 5.13. The Balaban J connectivity index is 1.49. The zero-order valence-corrected chi connectivity index (χ0v) is 16.5. The van der Waals surface area contributed by atoms with Gasteiger partial charge in [0.25, 0.3) is 0 Å². The Bertz CT molecular complexity index is 1050. The van der Waals surface area contributed by atoms with Gasteiger partial charge in [0.15, 0.2) is 0 Å². The molecule has 8 nitrogen and oxygen atoms in total. The Morgan fingerprint density at radius 3 is 2.10 bits per heavy atom. The van der Waals surface area contributed by atoms with Crippen molar-refractivity contribution in [3.8, 4) is 0 Å². The lowest BCUT2D eigenvalue weighted by molar-refractivity contribution is -0.383. The van der Waals surface area contributed by atoms with Crippen LogP contribution in [0.1, 0.15) is 5.56 Å². The van der Waals surface area contributed by atoms with E-state index in [2.05, 4.69) is 20.2 Å². The van der Waals surface area contributed by atoms with E-state index in [9.17, 15) is 18.9 Å². The Kier molecular flexibility index (Phi) is 5.87. The highest BCUT2D eigenvalue weighted by molar-refractivity contribution is 5.70. The van der Waals surface area contributed by atoms with E-state index in [1.54, 1.807) is 24.3 Å². The normalized spacial score (nSPS) is 13.9. The van der Waals surface area contributed by atoms with Crippen molar-refractivity contribution in [1.82, 2.24) is 9.97 Å². The summed E-state index contributed by atoms with van der Waals surface area (Å²) in [5.41, 5.74) is 1.48. The maximum Gasteiger partial charge on any atom is 0.353 e. The fourth-order valence-corrected chi connectivity index (χ4v) is 3.51. The first-order valence-corrected chi connectivity index (χ1v) is 9.74. The van der Waals surface area contributed by atoms with Crippen molar-refractivity contribution in [1.29, 1.82) is 0 Å². The van der Waals surface area contributed by atoms with Crippen LogP contribution in [0.4, 0.5) is 31.8 Å². The van der Waals surface area contributed by atoms with Gasteiger partial charge >= 0.3 is 5.69 Å². The molecule has 10 heteroatoms. The fourth-order valence-electron chi connectivity index (χ4n) is 3.51. The highest BCUT2D eigenvalue weighted by Gasteiger charge is 2.29. The molecule has 1 N–H and O–H groups in total. The molecule has 1 aliphatic rings. The monoisotopic (exact) mass is 426 g/mol. The summed E-state index contributed by atoms with van der Waals surface area (Å²) in [6.07, 6.45) is 1.29. The molecule has 0 bridgehead atoms. The number of hydrogen-bond donors (Lipinski definition) is 1. The average molecular weight is 426 g/mol. The number of rotatable bonds is 6. The minimum absolute atomic E-state index is 0.111. The molecule has 0 atom stereocenters. The minimum Gasteiger partial charge on any atom is -0.368 e. The van der Waals surface area contributed by atoms with E-state index in [0.29, 0.717) is 26.2 Å². The van der Waals surface area contributed by atoms with Crippen LogP contribution in [0.5, 0.6) is 0 Å². The quantitative estimate of drug-likeness (QED) is 0.476. The van der Waals surface area contributed by atoms with Gasteiger partial charge in [-0.2, -0.15) is 0 Å². The van der Waals surface area contributed by atoms with Crippen LogP contribution in [0.25, 0.3) is 0 Å². The lowest BCUT2D eigenvalue weighted by Crippen LogP contribution is -2.47. The van der Waals surface area contributed by atoms with Crippen molar-refractivity contribution >= 4 is 23.0 Å². The van der Waals surface area contributed by atoms with Gasteiger partial charge in [-0.25, -0.2) is 18.7 Å². The Morgan fingerprint density at radius 1 is 0.903 bits per heavy atom. The van der Waals surface area contributed by atoms with Crippen LogP contribution >= 0.6 is 0 Å². The van der Waals surface area contributed by atoms with Crippen LogP contribution in [0.3, 0.4) is 0 Å². The molecule has 4 rings (SSSR count). The predicted octanol–water partition coefficient (Wildman–Crippen LogP) is 3.60. The molecule has 3 aromatic rings. The number of aromatic nitrogens is 2. The zero-order chi connectivity index (χ0) is 21.8. The third kappa shape index (κ3) is 4.68. The van der Waals surface area contributed by atoms with Crippen molar-refractivity contribution in [3.05, 3.63) is 82.2 Å². The van der Waals surface area contributed by atoms with Crippen LogP contribution in [0.2, 0.25) is 0 Å². The van der Waals surface area contributed by atoms with Gasteiger partial charge in [-0.1, -0.05) is 12.1 Å². The van der Waals surface area contributed by atoms with Crippen molar-refractivity contribution in [2.45, 2.75) is 6.54 Å². The van der Waals surface area contributed by atoms with Crippen LogP contribution in [-0.2, 0) is 6.54 Å².